The number of aromatic nitrogens is 1. The van der Waals surface area contributed by atoms with Gasteiger partial charge in [-0.25, -0.2) is 4.98 Å². The summed E-state index contributed by atoms with van der Waals surface area (Å²) in [5.41, 5.74) is 0.694. The van der Waals surface area contributed by atoms with Crippen molar-refractivity contribution in [3.05, 3.63) is 35.0 Å². The zero-order valence-electron chi connectivity index (χ0n) is 12.3. The number of benzene rings is 1. The molecule has 0 fully saturated rings. The summed E-state index contributed by atoms with van der Waals surface area (Å²) in [6, 6.07) is 3.33. The zero-order chi connectivity index (χ0) is 15.7. The average Bonchev–Trinajstić information content (AvgIpc) is 2.94. The molecule has 0 saturated heterocycles. The van der Waals surface area contributed by atoms with Crippen LogP contribution in [0, 0.1) is 0 Å². The molecule has 0 bridgehead atoms. The predicted molar refractivity (Wildman–Crippen MR) is 83.1 cm³/mol. The van der Waals surface area contributed by atoms with E-state index in [4.69, 9.17) is 25.5 Å². The van der Waals surface area contributed by atoms with Crippen LogP contribution in [0.5, 0.6) is 11.5 Å². The van der Waals surface area contributed by atoms with Crippen molar-refractivity contribution in [1.82, 2.24) is 4.98 Å². The van der Waals surface area contributed by atoms with Crippen LogP contribution in [-0.4, -0.2) is 22.4 Å². The fraction of sp³-hybridized carbons (Fsp3) is 0.400. The molecule has 1 atom stereocenters. The molecule has 1 aliphatic rings. The van der Waals surface area contributed by atoms with Gasteiger partial charge in [0.25, 0.3) is 0 Å². The lowest BCUT2D eigenvalue weighted by atomic mass is 10.1. The number of fused-ring (bicyclic) bond motifs is 1. The summed E-state index contributed by atoms with van der Waals surface area (Å²) in [4.78, 5) is 4.68. The van der Waals surface area contributed by atoms with Crippen LogP contribution in [0.3, 0.4) is 0 Å². The maximum absolute atomic E-state index is 12.6. The number of halogens is 1. The maximum atomic E-state index is 12.6. The Hall–Kier alpha value is -1.53. The number of nitrogens with zero attached hydrogens (tertiary/aromatic N) is 1. The number of ether oxygens (including phenoxy) is 2. The molecule has 0 radical (unpaired) electrons. The largest absolute Gasteiger partial charge is 0.486 e. The lowest BCUT2D eigenvalue weighted by Gasteiger charge is -2.19. The molecule has 2 aromatic rings. The minimum atomic E-state index is -1.34. The molecular weight excluding hydrogens is 326 g/mol. The second-order valence-corrected chi connectivity index (χ2v) is 7.06. The maximum Gasteiger partial charge on any atom is 0.181 e. The molecule has 0 saturated carbocycles. The van der Waals surface area contributed by atoms with Crippen molar-refractivity contribution >= 4 is 22.4 Å². The highest BCUT2D eigenvalue weighted by Crippen LogP contribution is 2.37. The first-order chi connectivity index (χ1) is 10.6. The monoisotopic (exact) mass is 341 g/mol. The molecule has 1 aromatic carbocycles. The summed E-state index contributed by atoms with van der Waals surface area (Å²) in [5.74, 6) is 2.35. The standard InChI is InChI=1S/C15H16ClNO4S/c1-9(2)15-11(17-8-21-15)7-22(18)14-6-13-12(5-10(14)16)19-3-4-20-13/h5-6,8-9H,3-4,7H2,1-2H3/t22-/m1/s1. The zero-order valence-corrected chi connectivity index (χ0v) is 13.9. The van der Waals surface area contributed by atoms with Gasteiger partial charge in [0.15, 0.2) is 17.9 Å². The molecule has 0 unspecified atom stereocenters. The van der Waals surface area contributed by atoms with Gasteiger partial charge in [0, 0.05) is 18.1 Å². The van der Waals surface area contributed by atoms with Gasteiger partial charge in [-0.2, -0.15) is 0 Å². The molecule has 5 nitrogen and oxygen atoms in total. The van der Waals surface area contributed by atoms with Gasteiger partial charge in [0.05, 0.1) is 32.2 Å². The van der Waals surface area contributed by atoms with Gasteiger partial charge in [0.1, 0.15) is 19.0 Å². The number of hydrogen-bond donors (Lipinski definition) is 0. The summed E-state index contributed by atoms with van der Waals surface area (Å²) in [6.07, 6.45) is 1.38. The van der Waals surface area contributed by atoms with E-state index in [1.165, 1.54) is 6.39 Å². The second-order valence-electron chi connectivity index (χ2n) is 5.23. The molecule has 1 aromatic heterocycles. The van der Waals surface area contributed by atoms with Gasteiger partial charge < -0.3 is 13.9 Å². The van der Waals surface area contributed by atoms with Gasteiger partial charge in [-0.1, -0.05) is 25.4 Å². The summed E-state index contributed by atoms with van der Waals surface area (Å²) >= 11 is 6.23. The van der Waals surface area contributed by atoms with Crippen molar-refractivity contribution in [3.8, 4) is 11.5 Å². The summed E-state index contributed by atoms with van der Waals surface area (Å²) < 4.78 is 29.0. The third-order valence-corrected chi connectivity index (χ3v) is 5.10. The summed E-state index contributed by atoms with van der Waals surface area (Å²) in [7, 11) is -1.34. The Morgan fingerprint density at radius 2 is 1.95 bits per heavy atom. The van der Waals surface area contributed by atoms with Crippen LogP contribution in [0.15, 0.2) is 27.8 Å². The highest BCUT2D eigenvalue weighted by molar-refractivity contribution is 7.84. The topological polar surface area (TPSA) is 61.6 Å². The molecule has 0 aliphatic carbocycles. The number of oxazole rings is 1. The van der Waals surface area contributed by atoms with E-state index in [2.05, 4.69) is 4.98 Å². The Kier molecular flexibility index (Phi) is 4.40. The van der Waals surface area contributed by atoms with Crippen LogP contribution in [0.4, 0.5) is 0 Å². The van der Waals surface area contributed by atoms with E-state index in [0.29, 0.717) is 40.3 Å². The van der Waals surface area contributed by atoms with E-state index in [1.807, 2.05) is 13.8 Å². The molecule has 0 spiro atoms. The fourth-order valence-electron chi connectivity index (χ4n) is 2.28. The average molecular weight is 342 g/mol. The minimum absolute atomic E-state index is 0.185. The highest BCUT2D eigenvalue weighted by Gasteiger charge is 2.21. The first-order valence-electron chi connectivity index (χ1n) is 6.96. The van der Waals surface area contributed by atoms with Crippen molar-refractivity contribution in [2.75, 3.05) is 13.2 Å². The first-order valence-corrected chi connectivity index (χ1v) is 8.65. The molecule has 3 rings (SSSR count). The van der Waals surface area contributed by atoms with E-state index in [-0.39, 0.29) is 11.7 Å². The Morgan fingerprint density at radius 1 is 1.27 bits per heavy atom. The van der Waals surface area contributed by atoms with Gasteiger partial charge in [-0.15, -0.1) is 0 Å². The van der Waals surface area contributed by atoms with Crippen molar-refractivity contribution in [2.45, 2.75) is 30.4 Å². The smallest absolute Gasteiger partial charge is 0.181 e. The molecule has 118 valence electrons. The third kappa shape index (κ3) is 2.98. The fourth-order valence-corrected chi connectivity index (χ4v) is 3.83. The van der Waals surface area contributed by atoms with Crippen LogP contribution in [0.1, 0.15) is 31.2 Å². The quantitative estimate of drug-likeness (QED) is 0.851. The Labute approximate surface area is 136 Å². The highest BCUT2D eigenvalue weighted by atomic mass is 35.5. The van der Waals surface area contributed by atoms with Gasteiger partial charge in [-0.05, 0) is 0 Å². The minimum Gasteiger partial charge on any atom is -0.486 e. The summed E-state index contributed by atoms with van der Waals surface area (Å²) in [6.45, 7) is 4.97. The van der Waals surface area contributed by atoms with Crippen LogP contribution < -0.4 is 9.47 Å². The van der Waals surface area contributed by atoms with Gasteiger partial charge in [0.2, 0.25) is 0 Å². The molecule has 22 heavy (non-hydrogen) atoms. The van der Waals surface area contributed by atoms with Crippen LogP contribution in [0.2, 0.25) is 5.02 Å². The predicted octanol–water partition coefficient (Wildman–Crippen LogP) is 3.53. The molecule has 7 heteroatoms. The van der Waals surface area contributed by atoms with Crippen molar-refractivity contribution in [2.24, 2.45) is 0 Å². The Balaban J connectivity index is 1.87. The van der Waals surface area contributed by atoms with Crippen LogP contribution in [-0.2, 0) is 16.6 Å². The second kappa shape index (κ2) is 6.30. The lowest BCUT2D eigenvalue weighted by Crippen LogP contribution is -2.15. The van der Waals surface area contributed by atoms with Gasteiger partial charge in [-0.3, -0.25) is 4.21 Å². The normalized spacial score (nSPS) is 15.1. The van der Waals surface area contributed by atoms with Crippen molar-refractivity contribution < 1.29 is 18.1 Å². The van der Waals surface area contributed by atoms with Gasteiger partial charge >= 0.3 is 0 Å². The summed E-state index contributed by atoms with van der Waals surface area (Å²) in [5, 5.41) is 0.400. The number of rotatable bonds is 4. The van der Waals surface area contributed by atoms with Crippen LogP contribution in [0.25, 0.3) is 0 Å². The molecule has 2 heterocycles. The van der Waals surface area contributed by atoms with E-state index < -0.39 is 10.8 Å². The Bertz CT molecular complexity index is 714. The molecule has 0 N–H and O–H groups in total. The first kappa shape index (κ1) is 15.4. The lowest BCUT2D eigenvalue weighted by molar-refractivity contribution is 0.171. The SMILES string of the molecule is CC(C)c1ocnc1C[S@@](=O)c1cc2c(cc1Cl)OCCO2. The number of hydrogen-bond acceptors (Lipinski definition) is 5. The molecule has 1 aliphatic heterocycles. The van der Waals surface area contributed by atoms with Crippen LogP contribution >= 0.6 is 11.6 Å². The Morgan fingerprint density at radius 3 is 2.64 bits per heavy atom. The van der Waals surface area contributed by atoms with E-state index in [0.717, 1.165) is 5.76 Å². The third-order valence-electron chi connectivity index (χ3n) is 3.31. The molecular formula is C15H16ClNO4S. The van der Waals surface area contributed by atoms with E-state index in [9.17, 15) is 4.21 Å². The molecule has 0 amide bonds. The van der Waals surface area contributed by atoms with E-state index >= 15 is 0 Å². The van der Waals surface area contributed by atoms with E-state index in [1.54, 1.807) is 12.1 Å². The van der Waals surface area contributed by atoms with Crippen molar-refractivity contribution in [1.29, 1.82) is 0 Å². The van der Waals surface area contributed by atoms with Crippen molar-refractivity contribution in [3.63, 3.8) is 0 Å².